The van der Waals surface area contributed by atoms with E-state index in [9.17, 15) is 15.2 Å². The zero-order valence-electron chi connectivity index (χ0n) is 8.33. The number of aliphatic hydroxyl groups is 2. The topological polar surface area (TPSA) is 83.6 Å². The highest BCUT2D eigenvalue weighted by molar-refractivity contribution is 5.33. The molecule has 1 aromatic carbocycles. The van der Waals surface area contributed by atoms with Crippen LogP contribution in [0.15, 0.2) is 24.3 Å². The van der Waals surface area contributed by atoms with Gasteiger partial charge in [0, 0.05) is 18.6 Å². The van der Waals surface area contributed by atoms with Crippen molar-refractivity contribution < 1.29 is 15.1 Å². The van der Waals surface area contributed by atoms with Gasteiger partial charge in [-0.05, 0) is 24.6 Å². The summed E-state index contributed by atoms with van der Waals surface area (Å²) in [5, 5.41) is 29.0. The standard InChI is InChI=1S/C10H13NO4/c1-7(12)6-10(13)8-2-4-9(5-3-8)11(14)15/h2-5,7,10,12-13H,6H2,1H3/t7-,10+/m0/s1. The molecule has 0 heterocycles. The van der Waals surface area contributed by atoms with Crippen LogP contribution in [-0.2, 0) is 0 Å². The van der Waals surface area contributed by atoms with Crippen molar-refractivity contribution in [3.63, 3.8) is 0 Å². The van der Waals surface area contributed by atoms with E-state index in [4.69, 9.17) is 5.11 Å². The number of aliphatic hydroxyl groups excluding tert-OH is 2. The van der Waals surface area contributed by atoms with Crippen LogP contribution < -0.4 is 0 Å². The van der Waals surface area contributed by atoms with Crippen molar-refractivity contribution in [2.45, 2.75) is 25.6 Å². The lowest BCUT2D eigenvalue weighted by atomic mass is 10.0. The molecule has 0 amide bonds. The average molecular weight is 211 g/mol. The molecular formula is C10H13NO4. The fourth-order valence-corrected chi connectivity index (χ4v) is 1.28. The number of benzene rings is 1. The van der Waals surface area contributed by atoms with E-state index in [1.807, 2.05) is 0 Å². The molecule has 0 spiro atoms. The minimum atomic E-state index is -0.786. The number of hydrogen-bond acceptors (Lipinski definition) is 4. The molecule has 82 valence electrons. The van der Waals surface area contributed by atoms with Crippen LogP contribution in [0.1, 0.15) is 25.0 Å². The highest BCUT2D eigenvalue weighted by Gasteiger charge is 2.12. The molecule has 0 unspecified atom stereocenters. The summed E-state index contributed by atoms with van der Waals surface area (Å²) in [7, 11) is 0. The Morgan fingerprint density at radius 2 is 1.87 bits per heavy atom. The maximum atomic E-state index is 10.4. The van der Waals surface area contributed by atoms with Crippen LogP contribution in [0.3, 0.4) is 0 Å². The molecular weight excluding hydrogens is 198 g/mol. The maximum absolute atomic E-state index is 10.4. The summed E-state index contributed by atoms with van der Waals surface area (Å²) in [5.74, 6) is 0. The lowest BCUT2D eigenvalue weighted by Gasteiger charge is -2.12. The molecule has 0 aromatic heterocycles. The first kappa shape index (κ1) is 11.6. The Labute approximate surface area is 87.1 Å². The van der Waals surface area contributed by atoms with Gasteiger partial charge >= 0.3 is 0 Å². The van der Waals surface area contributed by atoms with Crippen LogP contribution in [0.25, 0.3) is 0 Å². The lowest BCUT2D eigenvalue weighted by molar-refractivity contribution is -0.384. The minimum absolute atomic E-state index is 0.0111. The molecule has 0 aliphatic rings. The molecule has 1 aromatic rings. The molecule has 0 saturated heterocycles. The van der Waals surface area contributed by atoms with Crippen molar-refractivity contribution in [2.75, 3.05) is 0 Å². The zero-order chi connectivity index (χ0) is 11.4. The molecule has 0 saturated carbocycles. The zero-order valence-corrected chi connectivity index (χ0v) is 8.33. The number of nitrogens with zero attached hydrogens (tertiary/aromatic N) is 1. The molecule has 0 radical (unpaired) electrons. The third kappa shape index (κ3) is 3.30. The predicted octanol–water partition coefficient (Wildman–Crippen LogP) is 1.40. The van der Waals surface area contributed by atoms with Gasteiger partial charge in [-0.25, -0.2) is 0 Å². The molecule has 5 heteroatoms. The Balaban J connectivity index is 2.75. The number of nitro groups is 1. The van der Waals surface area contributed by atoms with Gasteiger partial charge in [-0.15, -0.1) is 0 Å². The number of rotatable bonds is 4. The first-order valence-corrected chi connectivity index (χ1v) is 4.61. The fourth-order valence-electron chi connectivity index (χ4n) is 1.28. The Kier molecular flexibility index (Phi) is 3.76. The highest BCUT2D eigenvalue weighted by Crippen LogP contribution is 2.21. The summed E-state index contributed by atoms with van der Waals surface area (Å²) in [4.78, 5) is 9.87. The molecule has 15 heavy (non-hydrogen) atoms. The summed E-state index contributed by atoms with van der Waals surface area (Å²) in [6.45, 7) is 1.58. The molecule has 5 nitrogen and oxygen atoms in total. The van der Waals surface area contributed by atoms with Gasteiger partial charge < -0.3 is 10.2 Å². The van der Waals surface area contributed by atoms with Crippen LogP contribution in [0, 0.1) is 10.1 Å². The van der Waals surface area contributed by atoms with Crippen molar-refractivity contribution >= 4 is 5.69 Å². The van der Waals surface area contributed by atoms with Crippen LogP contribution in [0.5, 0.6) is 0 Å². The molecule has 0 fully saturated rings. The van der Waals surface area contributed by atoms with Crippen LogP contribution in [0.4, 0.5) is 5.69 Å². The third-order valence-corrected chi connectivity index (χ3v) is 2.05. The lowest BCUT2D eigenvalue weighted by Crippen LogP contribution is -2.07. The smallest absolute Gasteiger partial charge is 0.269 e. The van der Waals surface area contributed by atoms with Gasteiger partial charge in [0.25, 0.3) is 5.69 Å². The Bertz CT molecular complexity index is 334. The van der Waals surface area contributed by atoms with E-state index in [0.717, 1.165) is 0 Å². The normalized spacial score (nSPS) is 14.6. The molecule has 0 aliphatic carbocycles. The summed E-state index contributed by atoms with van der Waals surface area (Å²) < 4.78 is 0. The third-order valence-electron chi connectivity index (χ3n) is 2.05. The molecule has 2 atom stereocenters. The summed E-state index contributed by atoms with van der Waals surface area (Å²) in [6, 6.07) is 5.65. The first-order chi connectivity index (χ1) is 7.00. The molecule has 1 rings (SSSR count). The van der Waals surface area contributed by atoms with Crippen molar-refractivity contribution in [2.24, 2.45) is 0 Å². The summed E-state index contributed by atoms with van der Waals surface area (Å²) in [5.41, 5.74) is 0.560. The Morgan fingerprint density at radius 1 is 1.33 bits per heavy atom. The second kappa shape index (κ2) is 4.86. The SMILES string of the molecule is C[C@H](O)C[C@@H](O)c1ccc([N+](=O)[O-])cc1. The van der Waals surface area contributed by atoms with Crippen molar-refractivity contribution in [1.82, 2.24) is 0 Å². The average Bonchev–Trinajstić information content (AvgIpc) is 2.17. The van der Waals surface area contributed by atoms with E-state index < -0.39 is 17.1 Å². The number of non-ortho nitro benzene ring substituents is 1. The van der Waals surface area contributed by atoms with Crippen molar-refractivity contribution in [1.29, 1.82) is 0 Å². The van der Waals surface area contributed by atoms with E-state index in [0.29, 0.717) is 5.56 Å². The van der Waals surface area contributed by atoms with E-state index in [2.05, 4.69) is 0 Å². The van der Waals surface area contributed by atoms with Crippen molar-refractivity contribution in [3.05, 3.63) is 39.9 Å². The Morgan fingerprint density at radius 3 is 2.27 bits per heavy atom. The second-order valence-electron chi connectivity index (χ2n) is 3.45. The summed E-state index contributed by atoms with van der Waals surface area (Å²) in [6.07, 6.45) is -1.17. The highest BCUT2D eigenvalue weighted by atomic mass is 16.6. The van der Waals surface area contributed by atoms with Gasteiger partial charge in [-0.3, -0.25) is 10.1 Å². The van der Waals surface area contributed by atoms with E-state index >= 15 is 0 Å². The first-order valence-electron chi connectivity index (χ1n) is 4.61. The van der Waals surface area contributed by atoms with Gasteiger partial charge in [-0.2, -0.15) is 0 Å². The van der Waals surface area contributed by atoms with E-state index in [1.54, 1.807) is 6.92 Å². The fraction of sp³-hybridized carbons (Fsp3) is 0.400. The van der Waals surface area contributed by atoms with Crippen molar-refractivity contribution in [3.8, 4) is 0 Å². The summed E-state index contributed by atoms with van der Waals surface area (Å²) >= 11 is 0. The van der Waals surface area contributed by atoms with Gasteiger partial charge in [-0.1, -0.05) is 0 Å². The van der Waals surface area contributed by atoms with Crippen LogP contribution in [0.2, 0.25) is 0 Å². The maximum Gasteiger partial charge on any atom is 0.269 e. The van der Waals surface area contributed by atoms with Crippen LogP contribution in [-0.4, -0.2) is 21.2 Å². The Hall–Kier alpha value is -1.46. The molecule has 0 bridgehead atoms. The van der Waals surface area contributed by atoms with Gasteiger partial charge in [0.05, 0.1) is 17.1 Å². The largest absolute Gasteiger partial charge is 0.393 e. The second-order valence-corrected chi connectivity index (χ2v) is 3.45. The predicted molar refractivity (Wildman–Crippen MR) is 54.4 cm³/mol. The quantitative estimate of drug-likeness (QED) is 0.582. The monoisotopic (exact) mass is 211 g/mol. The van der Waals surface area contributed by atoms with Gasteiger partial charge in [0.2, 0.25) is 0 Å². The van der Waals surface area contributed by atoms with Gasteiger partial charge in [0.1, 0.15) is 0 Å². The van der Waals surface area contributed by atoms with Crippen LogP contribution >= 0.6 is 0 Å². The van der Waals surface area contributed by atoms with E-state index in [-0.39, 0.29) is 12.1 Å². The number of nitro benzene ring substituents is 1. The van der Waals surface area contributed by atoms with Gasteiger partial charge in [0.15, 0.2) is 0 Å². The molecule has 0 aliphatic heterocycles. The minimum Gasteiger partial charge on any atom is -0.393 e. The number of hydrogen-bond donors (Lipinski definition) is 2. The van der Waals surface area contributed by atoms with E-state index in [1.165, 1.54) is 24.3 Å². The molecule has 2 N–H and O–H groups in total.